The van der Waals surface area contributed by atoms with Crippen LogP contribution in [0.3, 0.4) is 0 Å². The fourth-order valence-electron chi connectivity index (χ4n) is 4.45. The molecular weight excluding hydrogens is 468 g/mol. The Balaban J connectivity index is 1.17. The van der Waals surface area contributed by atoms with Gasteiger partial charge in [-0.3, -0.25) is 4.79 Å². The summed E-state index contributed by atoms with van der Waals surface area (Å²) in [6.45, 7) is 0.953. The van der Waals surface area contributed by atoms with Crippen LogP contribution in [0, 0.1) is 0 Å². The van der Waals surface area contributed by atoms with Gasteiger partial charge in [-0.2, -0.15) is 0 Å². The highest BCUT2D eigenvalue weighted by Gasteiger charge is 2.33. The van der Waals surface area contributed by atoms with Crippen molar-refractivity contribution in [2.45, 2.75) is 48.6 Å². The fourth-order valence-corrected chi connectivity index (χ4v) is 5.20. The Morgan fingerprint density at radius 2 is 2.09 bits per heavy atom. The van der Waals surface area contributed by atoms with Crippen LogP contribution in [0.4, 0.5) is 5.82 Å². The molecule has 2 aliphatic heterocycles. The summed E-state index contributed by atoms with van der Waals surface area (Å²) in [6.07, 6.45) is -1.33. The molecule has 1 amide bonds. The molecule has 184 valence electrons. The van der Waals surface area contributed by atoms with Crippen LogP contribution >= 0.6 is 11.8 Å². The van der Waals surface area contributed by atoms with Crippen molar-refractivity contribution in [3.8, 4) is 5.88 Å². The van der Waals surface area contributed by atoms with E-state index >= 15 is 0 Å². The number of hydrogen-bond acceptors (Lipinski definition) is 9. The number of aliphatic hydroxyl groups excluding tert-OH is 2. The van der Waals surface area contributed by atoms with Crippen LogP contribution in [0.2, 0.25) is 0 Å². The number of fused-ring (bicyclic) bond motifs is 2. The zero-order valence-electron chi connectivity index (χ0n) is 19.3. The lowest BCUT2D eigenvalue weighted by Gasteiger charge is -2.34. The monoisotopic (exact) mass is 496 g/mol. The van der Waals surface area contributed by atoms with Crippen molar-refractivity contribution in [3.05, 3.63) is 53.7 Å². The van der Waals surface area contributed by atoms with E-state index < -0.39 is 18.3 Å². The second kappa shape index (κ2) is 10.5. The van der Waals surface area contributed by atoms with E-state index in [1.54, 1.807) is 19.2 Å². The van der Waals surface area contributed by atoms with Crippen molar-refractivity contribution in [1.29, 1.82) is 0 Å². The molecule has 1 aromatic carbocycles. The van der Waals surface area contributed by atoms with E-state index in [4.69, 9.17) is 9.47 Å². The maximum atomic E-state index is 11.6. The molecular formula is C25H28N4O5S. The van der Waals surface area contributed by atoms with Crippen LogP contribution < -0.4 is 15.4 Å². The Morgan fingerprint density at radius 1 is 1.20 bits per heavy atom. The molecule has 2 aromatic heterocycles. The van der Waals surface area contributed by atoms with Crippen LogP contribution in [-0.4, -0.2) is 63.8 Å². The first-order valence-electron chi connectivity index (χ1n) is 11.6. The number of methoxy groups -OCH3 is 1. The molecule has 0 unspecified atom stereocenters. The number of para-hydroxylation sites is 1. The van der Waals surface area contributed by atoms with Crippen molar-refractivity contribution in [2.75, 3.05) is 24.8 Å². The molecule has 0 bridgehead atoms. The van der Waals surface area contributed by atoms with Crippen molar-refractivity contribution in [2.24, 2.45) is 0 Å². The molecule has 35 heavy (non-hydrogen) atoms. The number of hydrogen-bond donors (Lipinski definition) is 4. The van der Waals surface area contributed by atoms with Gasteiger partial charge in [0.05, 0.1) is 41.7 Å². The topological polar surface area (TPSA) is 126 Å². The fraction of sp³-hybridized carbons (Fsp3) is 0.400. The Morgan fingerprint density at radius 3 is 2.89 bits per heavy atom. The SMILES string of the molecule is COc1ccc2cccc([C@@H](O)[C@@H](O)[C@@H]3CC[C@@H](NCc4ccc5c(n4)NC(=O)CS5)CO3)c2n1. The Hall–Kier alpha value is -2.76. The zero-order valence-corrected chi connectivity index (χ0v) is 20.1. The number of nitrogens with one attached hydrogen (secondary N) is 2. The number of amides is 1. The molecule has 4 N–H and O–H groups in total. The minimum atomic E-state index is -1.14. The highest BCUT2D eigenvalue weighted by atomic mass is 32.2. The first-order chi connectivity index (χ1) is 17.0. The number of ether oxygens (including phenoxy) is 2. The van der Waals surface area contributed by atoms with E-state index in [1.165, 1.54) is 11.8 Å². The van der Waals surface area contributed by atoms with Crippen molar-refractivity contribution >= 4 is 34.4 Å². The largest absolute Gasteiger partial charge is 0.481 e. The third-order valence-corrected chi connectivity index (χ3v) is 7.42. The lowest BCUT2D eigenvalue weighted by molar-refractivity contribution is -0.114. The maximum absolute atomic E-state index is 11.6. The highest BCUT2D eigenvalue weighted by Crippen LogP contribution is 2.31. The maximum Gasteiger partial charge on any atom is 0.235 e. The van der Waals surface area contributed by atoms with Crippen LogP contribution in [0.1, 0.15) is 30.2 Å². The summed E-state index contributed by atoms with van der Waals surface area (Å²) < 4.78 is 11.2. The molecule has 5 rings (SSSR count). The molecule has 4 atom stereocenters. The molecule has 3 aromatic rings. The van der Waals surface area contributed by atoms with Gasteiger partial charge in [0.2, 0.25) is 11.8 Å². The predicted octanol–water partition coefficient (Wildman–Crippen LogP) is 2.41. The first-order valence-corrected chi connectivity index (χ1v) is 12.6. The summed E-state index contributed by atoms with van der Waals surface area (Å²) >= 11 is 1.49. The average Bonchev–Trinajstić information content (AvgIpc) is 2.90. The first kappa shape index (κ1) is 24.0. The van der Waals surface area contributed by atoms with Gasteiger partial charge in [-0.15, -0.1) is 11.8 Å². The number of thioether (sulfide) groups is 1. The molecule has 1 saturated heterocycles. The van der Waals surface area contributed by atoms with E-state index in [9.17, 15) is 15.0 Å². The van der Waals surface area contributed by atoms with Crippen LogP contribution in [0.25, 0.3) is 10.9 Å². The van der Waals surface area contributed by atoms with Gasteiger partial charge in [0.15, 0.2) is 0 Å². The van der Waals surface area contributed by atoms with Crippen molar-refractivity contribution < 1.29 is 24.5 Å². The zero-order chi connectivity index (χ0) is 24.4. The average molecular weight is 497 g/mol. The van der Waals surface area contributed by atoms with Gasteiger partial charge in [0.25, 0.3) is 0 Å². The van der Waals surface area contributed by atoms with Crippen molar-refractivity contribution in [1.82, 2.24) is 15.3 Å². The Kier molecular flexibility index (Phi) is 7.17. The number of aliphatic hydroxyl groups is 2. The number of nitrogens with zero attached hydrogens (tertiary/aromatic N) is 2. The highest BCUT2D eigenvalue weighted by molar-refractivity contribution is 8.00. The minimum absolute atomic E-state index is 0.0361. The number of anilines is 1. The lowest BCUT2D eigenvalue weighted by atomic mass is 9.93. The molecule has 1 fully saturated rings. The predicted molar refractivity (Wildman–Crippen MR) is 132 cm³/mol. The van der Waals surface area contributed by atoms with Gasteiger partial charge in [-0.05, 0) is 31.0 Å². The lowest BCUT2D eigenvalue weighted by Crippen LogP contribution is -2.45. The van der Waals surface area contributed by atoms with E-state index in [1.807, 2.05) is 30.3 Å². The van der Waals surface area contributed by atoms with Gasteiger partial charge in [0.1, 0.15) is 18.0 Å². The summed E-state index contributed by atoms with van der Waals surface area (Å²) in [5, 5.41) is 29.0. The van der Waals surface area contributed by atoms with Crippen molar-refractivity contribution in [3.63, 3.8) is 0 Å². The van der Waals surface area contributed by atoms with Gasteiger partial charge < -0.3 is 30.3 Å². The summed E-state index contributed by atoms with van der Waals surface area (Å²) in [7, 11) is 1.54. The molecule has 0 spiro atoms. The summed E-state index contributed by atoms with van der Waals surface area (Å²) in [6, 6.07) is 13.2. The Bertz CT molecular complexity index is 1220. The smallest absolute Gasteiger partial charge is 0.235 e. The summed E-state index contributed by atoms with van der Waals surface area (Å²) in [5.74, 6) is 1.44. The molecule has 2 aliphatic rings. The third-order valence-electron chi connectivity index (χ3n) is 6.37. The quantitative estimate of drug-likeness (QED) is 0.390. The third kappa shape index (κ3) is 5.26. The van der Waals surface area contributed by atoms with Gasteiger partial charge >= 0.3 is 0 Å². The normalized spacial score (nSPS) is 21.7. The van der Waals surface area contributed by atoms with Gasteiger partial charge in [-0.1, -0.05) is 18.2 Å². The van der Waals surface area contributed by atoms with E-state index in [2.05, 4.69) is 20.6 Å². The van der Waals surface area contributed by atoms with E-state index in [-0.39, 0.29) is 11.9 Å². The molecule has 0 saturated carbocycles. The number of carbonyl (C=O) groups excluding carboxylic acids is 1. The number of benzene rings is 1. The van der Waals surface area contributed by atoms with Crippen LogP contribution in [0.5, 0.6) is 5.88 Å². The Labute approximate surface area is 207 Å². The van der Waals surface area contributed by atoms with E-state index in [0.717, 1.165) is 22.4 Å². The second-order valence-electron chi connectivity index (χ2n) is 8.72. The molecule has 4 heterocycles. The van der Waals surface area contributed by atoms with E-state index in [0.29, 0.717) is 48.1 Å². The molecule has 9 nitrogen and oxygen atoms in total. The van der Waals surface area contributed by atoms with Crippen LogP contribution in [-0.2, 0) is 16.1 Å². The number of carbonyl (C=O) groups is 1. The summed E-state index contributed by atoms with van der Waals surface area (Å²) in [5.41, 5.74) is 1.98. The number of rotatable bonds is 7. The van der Waals surface area contributed by atoms with Gasteiger partial charge in [0, 0.05) is 29.6 Å². The molecule has 0 radical (unpaired) electrons. The molecule has 10 heteroatoms. The molecule has 0 aliphatic carbocycles. The minimum Gasteiger partial charge on any atom is -0.481 e. The van der Waals surface area contributed by atoms with Crippen LogP contribution in [0.15, 0.2) is 47.4 Å². The number of pyridine rings is 2. The number of aromatic nitrogens is 2. The summed E-state index contributed by atoms with van der Waals surface area (Å²) in [4.78, 5) is 21.6. The standard InChI is InChI=1S/C25H28N4O5S/c1-33-21-10-5-14-3-2-4-17(22(14)29-21)23(31)24(32)18-8-6-16(12-34-18)26-11-15-7-9-19-25(27-15)28-20(30)13-35-19/h2-5,7,9-10,16,18,23-24,26,31-32H,6,8,11-13H2,1H3,(H,27,28,30)/t16-,18+,23-,24+/m1/s1. The van der Waals surface area contributed by atoms with Gasteiger partial charge in [-0.25, -0.2) is 9.97 Å². The second-order valence-corrected chi connectivity index (χ2v) is 9.74.